The molecule has 5 nitrogen and oxygen atoms in total. The van der Waals surface area contributed by atoms with Crippen molar-refractivity contribution in [3.8, 4) is 11.8 Å². The lowest BCUT2D eigenvalue weighted by Crippen LogP contribution is -2.47. The lowest BCUT2D eigenvalue weighted by molar-refractivity contribution is 0.0341. The van der Waals surface area contributed by atoms with Crippen molar-refractivity contribution >= 4 is 12.6 Å². The van der Waals surface area contributed by atoms with Crippen LogP contribution in [0, 0.1) is 5.41 Å². The number of nitrogens with zero attached hydrogens (tertiary/aromatic N) is 1. The molecule has 2 heterocycles. The van der Waals surface area contributed by atoms with E-state index in [0.29, 0.717) is 25.0 Å². The minimum absolute atomic E-state index is 0.0453. The predicted octanol–water partition coefficient (Wildman–Crippen LogP) is 0.867. The second-order valence-corrected chi connectivity index (χ2v) is 5.07. The van der Waals surface area contributed by atoms with Gasteiger partial charge in [-0.15, -0.1) is 0 Å². The van der Waals surface area contributed by atoms with Gasteiger partial charge in [0.1, 0.15) is 0 Å². The van der Waals surface area contributed by atoms with E-state index in [2.05, 4.69) is 18.8 Å². The number of ether oxygens (including phenoxy) is 2. The third-order valence-corrected chi connectivity index (χ3v) is 2.77. The van der Waals surface area contributed by atoms with Gasteiger partial charge in [0.05, 0.1) is 14.2 Å². The molecule has 18 heavy (non-hydrogen) atoms. The highest BCUT2D eigenvalue weighted by atomic mass is 16.6. The molecule has 1 aromatic heterocycles. The van der Waals surface area contributed by atoms with E-state index >= 15 is 0 Å². The van der Waals surface area contributed by atoms with E-state index in [-0.39, 0.29) is 5.41 Å². The van der Waals surface area contributed by atoms with Crippen LogP contribution >= 0.6 is 0 Å². The van der Waals surface area contributed by atoms with Gasteiger partial charge in [0.25, 0.3) is 0 Å². The Labute approximate surface area is 108 Å². The molecule has 1 aromatic rings. The number of hydrogen-bond donors (Lipinski definition) is 0. The zero-order chi connectivity index (χ0) is 13.2. The number of methoxy groups -OCH3 is 2. The first kappa shape index (κ1) is 13.2. The lowest BCUT2D eigenvalue weighted by atomic mass is 9.76. The molecule has 0 radical (unpaired) electrons. The quantitative estimate of drug-likeness (QED) is 0.746. The van der Waals surface area contributed by atoms with E-state index in [1.165, 1.54) is 0 Å². The van der Waals surface area contributed by atoms with Crippen molar-refractivity contribution in [3.05, 3.63) is 12.1 Å². The minimum atomic E-state index is -0.425. The normalized spacial score (nSPS) is 18.6. The fourth-order valence-corrected chi connectivity index (χ4v) is 1.76. The molecule has 0 unspecified atom stereocenters. The number of pyridine rings is 1. The number of rotatable bonds is 3. The summed E-state index contributed by atoms with van der Waals surface area (Å²) in [4.78, 5) is 4.22. The van der Waals surface area contributed by atoms with E-state index < -0.39 is 7.12 Å². The van der Waals surface area contributed by atoms with Crippen molar-refractivity contribution in [2.75, 3.05) is 27.4 Å². The minimum Gasteiger partial charge on any atom is -0.481 e. The molecule has 2 rings (SSSR count). The van der Waals surface area contributed by atoms with Gasteiger partial charge in [0.2, 0.25) is 11.8 Å². The molecule has 98 valence electrons. The molecule has 1 aliphatic rings. The van der Waals surface area contributed by atoms with Crippen molar-refractivity contribution in [2.24, 2.45) is 5.41 Å². The van der Waals surface area contributed by atoms with Crippen LogP contribution in [0.3, 0.4) is 0 Å². The maximum Gasteiger partial charge on any atom is 0.499 e. The van der Waals surface area contributed by atoms with E-state index in [4.69, 9.17) is 18.8 Å². The highest BCUT2D eigenvalue weighted by Gasteiger charge is 2.35. The van der Waals surface area contributed by atoms with Gasteiger partial charge in [-0.2, -0.15) is 4.98 Å². The van der Waals surface area contributed by atoms with Gasteiger partial charge in [-0.05, 0) is 0 Å². The zero-order valence-corrected chi connectivity index (χ0v) is 11.2. The Morgan fingerprint density at radius 3 is 2.39 bits per heavy atom. The Bertz CT molecular complexity index is 415. The predicted molar refractivity (Wildman–Crippen MR) is 68.4 cm³/mol. The van der Waals surface area contributed by atoms with Crippen LogP contribution in [0.25, 0.3) is 0 Å². The smallest absolute Gasteiger partial charge is 0.481 e. The van der Waals surface area contributed by atoms with Crippen LogP contribution in [0.2, 0.25) is 0 Å². The van der Waals surface area contributed by atoms with Crippen LogP contribution in [0.15, 0.2) is 12.1 Å². The van der Waals surface area contributed by atoms with E-state index in [9.17, 15) is 0 Å². The highest BCUT2D eigenvalue weighted by Crippen LogP contribution is 2.23. The van der Waals surface area contributed by atoms with Gasteiger partial charge in [0.15, 0.2) is 0 Å². The van der Waals surface area contributed by atoms with Gasteiger partial charge in [-0.3, -0.25) is 0 Å². The maximum absolute atomic E-state index is 5.71. The van der Waals surface area contributed by atoms with Crippen LogP contribution in [0.1, 0.15) is 13.8 Å². The molecule has 0 saturated carbocycles. The molecule has 0 bridgehead atoms. The summed E-state index contributed by atoms with van der Waals surface area (Å²) < 4.78 is 21.7. The maximum atomic E-state index is 5.71. The fourth-order valence-electron chi connectivity index (χ4n) is 1.76. The van der Waals surface area contributed by atoms with E-state index in [1.807, 2.05) is 6.07 Å². The number of aromatic nitrogens is 1. The Hall–Kier alpha value is -1.27. The van der Waals surface area contributed by atoms with Crippen LogP contribution in [-0.4, -0.2) is 39.5 Å². The summed E-state index contributed by atoms with van der Waals surface area (Å²) in [6, 6.07) is 3.62. The Kier molecular flexibility index (Phi) is 3.78. The second-order valence-electron chi connectivity index (χ2n) is 5.07. The van der Waals surface area contributed by atoms with Gasteiger partial charge >= 0.3 is 7.12 Å². The van der Waals surface area contributed by atoms with Gasteiger partial charge in [0, 0.05) is 30.2 Å². The third kappa shape index (κ3) is 2.76. The summed E-state index contributed by atoms with van der Waals surface area (Å²) in [6.07, 6.45) is 0. The summed E-state index contributed by atoms with van der Waals surface area (Å²) in [7, 11) is 2.71. The Morgan fingerprint density at radius 2 is 1.83 bits per heavy atom. The molecule has 1 saturated heterocycles. The molecule has 0 aromatic carbocycles. The first-order valence-corrected chi connectivity index (χ1v) is 5.88. The topological polar surface area (TPSA) is 49.8 Å². The van der Waals surface area contributed by atoms with Gasteiger partial charge in [-0.1, -0.05) is 19.9 Å². The van der Waals surface area contributed by atoms with Gasteiger partial charge < -0.3 is 18.8 Å². The van der Waals surface area contributed by atoms with Crippen molar-refractivity contribution < 1.29 is 18.8 Å². The summed E-state index contributed by atoms with van der Waals surface area (Å²) >= 11 is 0. The van der Waals surface area contributed by atoms with Crippen LogP contribution in [0.4, 0.5) is 0 Å². The monoisotopic (exact) mass is 251 g/mol. The molecule has 1 aliphatic heterocycles. The summed E-state index contributed by atoms with van der Waals surface area (Å²) in [5, 5.41) is 0. The molecule has 0 amide bonds. The third-order valence-electron chi connectivity index (χ3n) is 2.77. The first-order valence-electron chi connectivity index (χ1n) is 5.88. The Balaban J connectivity index is 2.18. The van der Waals surface area contributed by atoms with Crippen molar-refractivity contribution in [3.63, 3.8) is 0 Å². The van der Waals surface area contributed by atoms with Crippen LogP contribution in [-0.2, 0) is 9.31 Å². The molecule has 0 atom stereocenters. The molecular weight excluding hydrogens is 233 g/mol. The molecule has 0 aliphatic carbocycles. The fraction of sp³-hybridized carbons (Fsp3) is 0.583. The Morgan fingerprint density at radius 1 is 1.17 bits per heavy atom. The van der Waals surface area contributed by atoms with E-state index in [1.54, 1.807) is 20.3 Å². The second kappa shape index (κ2) is 5.16. The van der Waals surface area contributed by atoms with Crippen molar-refractivity contribution in [1.82, 2.24) is 4.98 Å². The largest absolute Gasteiger partial charge is 0.499 e. The average Bonchev–Trinajstić information content (AvgIpc) is 2.38. The van der Waals surface area contributed by atoms with Crippen molar-refractivity contribution in [1.29, 1.82) is 0 Å². The number of hydrogen-bond acceptors (Lipinski definition) is 5. The molecular formula is C12H18BNO4. The van der Waals surface area contributed by atoms with E-state index in [0.717, 1.165) is 5.46 Å². The van der Waals surface area contributed by atoms with Crippen LogP contribution < -0.4 is 14.9 Å². The zero-order valence-electron chi connectivity index (χ0n) is 11.2. The first-order chi connectivity index (χ1) is 8.55. The van der Waals surface area contributed by atoms with Crippen LogP contribution in [0.5, 0.6) is 11.8 Å². The summed E-state index contributed by atoms with van der Waals surface area (Å²) in [6.45, 7) is 5.50. The molecule has 0 N–H and O–H groups in total. The SMILES string of the molecule is COc1ccc(B2OCC(C)(C)CO2)c(OC)n1. The standard InChI is InChI=1S/C12H18BNO4/c1-12(2)7-17-13(18-8-12)9-5-6-10(15-3)14-11(9)16-4/h5-6H,7-8H2,1-4H3. The lowest BCUT2D eigenvalue weighted by Gasteiger charge is -2.33. The average molecular weight is 251 g/mol. The molecule has 6 heteroatoms. The highest BCUT2D eigenvalue weighted by molar-refractivity contribution is 6.62. The molecule has 1 fully saturated rings. The summed E-state index contributed by atoms with van der Waals surface area (Å²) in [5.74, 6) is 0.978. The summed E-state index contributed by atoms with van der Waals surface area (Å²) in [5.41, 5.74) is 0.831. The van der Waals surface area contributed by atoms with Gasteiger partial charge in [-0.25, -0.2) is 0 Å². The van der Waals surface area contributed by atoms with Crippen molar-refractivity contribution in [2.45, 2.75) is 13.8 Å². The molecule has 0 spiro atoms.